The third-order valence-electron chi connectivity index (χ3n) is 8.33. The molecule has 1 saturated heterocycles. The molecule has 4 aromatic rings. The van der Waals surface area contributed by atoms with Crippen LogP contribution in [-0.2, 0) is 20.4 Å². The largest absolute Gasteiger partial charge is 0.431 e. The van der Waals surface area contributed by atoms with E-state index in [2.05, 4.69) is 18.6 Å². The van der Waals surface area contributed by atoms with Gasteiger partial charge in [-0.1, -0.05) is 123 Å². The topological polar surface area (TPSA) is 75.7 Å². The van der Waals surface area contributed by atoms with Crippen molar-refractivity contribution in [1.29, 1.82) is 0 Å². The molecule has 6 nitrogen and oxygen atoms in total. The molecule has 5 rings (SSSR count). The van der Waals surface area contributed by atoms with Gasteiger partial charge in [-0.05, 0) is 49.6 Å². The maximum absolute atomic E-state index is 14.3. The van der Waals surface area contributed by atoms with Gasteiger partial charge in [0.15, 0.2) is 5.60 Å². The Bertz CT molecular complexity index is 1650. The Hall–Kier alpha value is -3.59. The van der Waals surface area contributed by atoms with Crippen LogP contribution in [0.5, 0.6) is 0 Å². The van der Waals surface area contributed by atoms with Crippen molar-refractivity contribution in [3.05, 3.63) is 137 Å². The summed E-state index contributed by atoms with van der Waals surface area (Å²) in [6.07, 6.45) is 1.42. The standard InChI is InChI=1S/C36H40N2O4S2/c1-24(2)33-36(29-18-12-8-13-19-29,30-20-14-9-15-21-30)42-35(39)38(33)34(43-6)31(28-16-10-7-11-17-28)37-44(40,41)32-26(4)22-25(3)23-27(32)5/h7-24,31,33-34,37H,1-6H3/t31-,33-,34-/m0/s1. The molecule has 0 radical (unpaired) electrons. The van der Waals surface area contributed by atoms with Crippen LogP contribution in [0.1, 0.15) is 53.3 Å². The summed E-state index contributed by atoms with van der Waals surface area (Å²) in [5, 5.41) is -0.632. The molecule has 230 valence electrons. The van der Waals surface area contributed by atoms with Gasteiger partial charge in [0.2, 0.25) is 10.0 Å². The van der Waals surface area contributed by atoms with E-state index in [0.717, 1.165) is 22.3 Å². The summed E-state index contributed by atoms with van der Waals surface area (Å²) in [6.45, 7) is 9.76. The van der Waals surface area contributed by atoms with E-state index in [9.17, 15) is 13.2 Å². The van der Waals surface area contributed by atoms with E-state index in [-0.39, 0.29) is 10.8 Å². The second-order valence-corrected chi connectivity index (χ2v) is 14.4. The fourth-order valence-corrected chi connectivity index (χ4v) is 9.50. The van der Waals surface area contributed by atoms with Gasteiger partial charge < -0.3 is 4.74 Å². The number of nitrogens with zero attached hydrogens (tertiary/aromatic N) is 1. The van der Waals surface area contributed by atoms with E-state index in [0.29, 0.717) is 11.1 Å². The zero-order valence-electron chi connectivity index (χ0n) is 26.0. The molecule has 1 fully saturated rings. The Morgan fingerprint density at radius 2 is 1.30 bits per heavy atom. The molecule has 1 aliphatic rings. The highest BCUT2D eigenvalue weighted by molar-refractivity contribution is 7.99. The number of hydrogen-bond acceptors (Lipinski definition) is 5. The van der Waals surface area contributed by atoms with Gasteiger partial charge in [-0.25, -0.2) is 17.9 Å². The number of benzene rings is 4. The maximum atomic E-state index is 14.3. The Balaban J connectivity index is 1.68. The highest BCUT2D eigenvalue weighted by Gasteiger charge is 2.60. The van der Waals surface area contributed by atoms with Crippen molar-refractivity contribution in [2.24, 2.45) is 5.92 Å². The van der Waals surface area contributed by atoms with E-state index in [1.807, 2.05) is 130 Å². The van der Waals surface area contributed by atoms with Crippen LogP contribution in [0.3, 0.4) is 0 Å². The SMILES string of the molecule is CS[C@@H]([C@@H](NS(=O)(=O)c1c(C)cc(C)cc1C)c1ccccc1)N1C(=O)OC(c2ccccc2)(c2ccccc2)[C@@H]1C(C)C. The summed E-state index contributed by atoms with van der Waals surface area (Å²) in [7, 11) is -4.00. The Labute approximate surface area is 265 Å². The zero-order valence-corrected chi connectivity index (χ0v) is 27.7. The lowest BCUT2D eigenvalue weighted by Crippen LogP contribution is -2.53. The van der Waals surface area contributed by atoms with Gasteiger partial charge in [-0.3, -0.25) is 4.90 Å². The molecule has 8 heteroatoms. The van der Waals surface area contributed by atoms with Crippen LogP contribution in [0.15, 0.2) is 108 Å². The first-order valence-corrected chi connectivity index (χ1v) is 17.6. The molecule has 1 aliphatic heterocycles. The van der Waals surface area contributed by atoms with E-state index < -0.39 is 39.2 Å². The van der Waals surface area contributed by atoms with Crippen LogP contribution in [0.4, 0.5) is 4.79 Å². The molecule has 0 spiro atoms. The van der Waals surface area contributed by atoms with Crippen LogP contribution >= 0.6 is 11.8 Å². The molecule has 4 aromatic carbocycles. The first-order valence-electron chi connectivity index (χ1n) is 14.8. The van der Waals surface area contributed by atoms with Gasteiger partial charge >= 0.3 is 6.09 Å². The fourth-order valence-electron chi connectivity index (χ4n) is 6.79. The number of ether oxygens (including phenoxy) is 1. The third-order valence-corrected chi connectivity index (χ3v) is 11.1. The molecular formula is C36H40N2O4S2. The minimum absolute atomic E-state index is 0.0499. The van der Waals surface area contributed by atoms with Crippen LogP contribution < -0.4 is 4.72 Å². The number of carbonyl (C=O) groups is 1. The number of sulfonamides is 1. The van der Waals surface area contributed by atoms with Gasteiger partial charge in [0, 0.05) is 11.1 Å². The number of rotatable bonds is 10. The van der Waals surface area contributed by atoms with Crippen molar-refractivity contribution in [3.63, 3.8) is 0 Å². The van der Waals surface area contributed by atoms with E-state index in [1.165, 1.54) is 11.8 Å². The van der Waals surface area contributed by atoms with Crippen molar-refractivity contribution in [2.45, 2.75) is 62.6 Å². The smallest absolute Gasteiger partial charge is 0.412 e. The summed E-state index contributed by atoms with van der Waals surface area (Å²) < 4.78 is 38.0. The second kappa shape index (κ2) is 12.8. The lowest BCUT2D eigenvalue weighted by Gasteiger charge is -2.42. The quantitative estimate of drug-likeness (QED) is 0.194. The van der Waals surface area contributed by atoms with Crippen molar-refractivity contribution in [2.75, 3.05) is 6.26 Å². The molecule has 1 N–H and O–H groups in total. The fraction of sp³-hybridized carbons (Fsp3) is 0.306. The third kappa shape index (κ3) is 5.78. The average Bonchev–Trinajstić information content (AvgIpc) is 3.31. The van der Waals surface area contributed by atoms with Crippen LogP contribution in [-0.4, -0.2) is 37.1 Å². The predicted octanol–water partition coefficient (Wildman–Crippen LogP) is 7.74. The molecule has 1 amide bonds. The van der Waals surface area contributed by atoms with E-state index in [4.69, 9.17) is 4.74 Å². The molecule has 1 heterocycles. The number of amides is 1. The summed E-state index contributed by atoms with van der Waals surface area (Å²) in [5.41, 5.74) is 3.73. The summed E-state index contributed by atoms with van der Waals surface area (Å²) in [6, 6.07) is 31.7. The number of hydrogen-bond donors (Lipinski definition) is 1. The lowest BCUT2D eigenvalue weighted by atomic mass is 9.75. The first-order chi connectivity index (χ1) is 21.0. The molecular weight excluding hydrogens is 589 g/mol. The highest BCUT2D eigenvalue weighted by atomic mass is 32.2. The van der Waals surface area contributed by atoms with Crippen LogP contribution in [0.25, 0.3) is 0 Å². The lowest BCUT2D eigenvalue weighted by molar-refractivity contribution is 0.0538. The van der Waals surface area contributed by atoms with Gasteiger partial charge in [0.1, 0.15) is 5.37 Å². The minimum atomic E-state index is -4.00. The number of carbonyl (C=O) groups excluding carboxylic acids is 1. The number of cyclic esters (lactones) is 1. The molecule has 0 aromatic heterocycles. The van der Waals surface area contributed by atoms with E-state index >= 15 is 0 Å². The van der Waals surface area contributed by atoms with Crippen molar-refractivity contribution in [1.82, 2.24) is 9.62 Å². The van der Waals surface area contributed by atoms with Crippen LogP contribution in [0, 0.1) is 26.7 Å². The normalized spacial score (nSPS) is 17.8. The van der Waals surface area contributed by atoms with E-state index in [1.54, 1.807) is 4.90 Å². The Morgan fingerprint density at radius 1 is 0.818 bits per heavy atom. The molecule has 0 bridgehead atoms. The summed E-state index contributed by atoms with van der Waals surface area (Å²) in [5.74, 6) is -0.0499. The zero-order chi connectivity index (χ0) is 31.6. The summed E-state index contributed by atoms with van der Waals surface area (Å²) in [4.78, 5) is 16.3. The van der Waals surface area contributed by atoms with Gasteiger partial charge in [0.05, 0.1) is 17.0 Å². The van der Waals surface area contributed by atoms with Gasteiger partial charge in [-0.2, -0.15) is 0 Å². The molecule has 0 unspecified atom stereocenters. The summed E-state index contributed by atoms with van der Waals surface area (Å²) >= 11 is 1.43. The second-order valence-electron chi connectivity index (χ2n) is 11.8. The average molecular weight is 629 g/mol. The maximum Gasteiger partial charge on any atom is 0.412 e. The monoisotopic (exact) mass is 628 g/mol. The number of thioether (sulfide) groups is 1. The number of nitrogens with one attached hydrogen (secondary N) is 1. The van der Waals surface area contributed by atoms with Crippen molar-refractivity contribution >= 4 is 27.9 Å². The molecule has 44 heavy (non-hydrogen) atoms. The minimum Gasteiger partial charge on any atom is -0.431 e. The van der Waals surface area contributed by atoms with Crippen molar-refractivity contribution in [3.8, 4) is 0 Å². The molecule has 0 saturated carbocycles. The van der Waals surface area contributed by atoms with Crippen molar-refractivity contribution < 1.29 is 17.9 Å². The Morgan fingerprint density at radius 3 is 1.75 bits per heavy atom. The predicted molar refractivity (Wildman–Crippen MR) is 178 cm³/mol. The Kier molecular flexibility index (Phi) is 9.25. The highest BCUT2D eigenvalue weighted by Crippen LogP contribution is 2.50. The van der Waals surface area contributed by atoms with Gasteiger partial charge in [0.25, 0.3) is 0 Å². The first kappa shape index (κ1) is 31.8. The van der Waals surface area contributed by atoms with Crippen LogP contribution in [0.2, 0.25) is 0 Å². The molecule has 3 atom stereocenters. The number of aryl methyl sites for hydroxylation is 3. The molecule has 0 aliphatic carbocycles. The van der Waals surface area contributed by atoms with Gasteiger partial charge in [-0.15, -0.1) is 11.8 Å².